The SMILES string of the molecule is C[C@H](NC1CC(=O)OC1OCc1ccccc1)C(=O)NC(=O)c1ccc(Cc2ccccc2)[nH]1. The van der Waals surface area contributed by atoms with Gasteiger partial charge in [0.1, 0.15) is 5.69 Å². The molecule has 0 radical (unpaired) electrons. The minimum atomic E-state index is -0.817. The van der Waals surface area contributed by atoms with Crippen molar-refractivity contribution in [1.82, 2.24) is 15.6 Å². The number of cyclic esters (lactones) is 1. The van der Waals surface area contributed by atoms with Gasteiger partial charge in [0.25, 0.3) is 5.91 Å². The number of nitrogens with one attached hydrogen (secondary N) is 3. The van der Waals surface area contributed by atoms with Gasteiger partial charge in [0.2, 0.25) is 12.2 Å². The molecule has 0 aliphatic carbocycles. The summed E-state index contributed by atoms with van der Waals surface area (Å²) in [4.78, 5) is 40.0. The van der Waals surface area contributed by atoms with Crippen molar-refractivity contribution in [2.24, 2.45) is 0 Å². The molecule has 3 N–H and O–H groups in total. The van der Waals surface area contributed by atoms with Crippen molar-refractivity contribution in [3.05, 3.63) is 95.3 Å². The average molecular weight is 462 g/mol. The Labute approximate surface area is 197 Å². The molecule has 2 aromatic carbocycles. The van der Waals surface area contributed by atoms with Crippen LogP contribution < -0.4 is 10.6 Å². The maximum absolute atomic E-state index is 12.6. The summed E-state index contributed by atoms with van der Waals surface area (Å²) in [6.07, 6.45) is -0.0902. The zero-order chi connectivity index (χ0) is 23.9. The lowest BCUT2D eigenvalue weighted by molar-refractivity contribution is -0.167. The first-order valence-electron chi connectivity index (χ1n) is 11.2. The lowest BCUT2D eigenvalue weighted by Gasteiger charge is -2.22. The summed E-state index contributed by atoms with van der Waals surface area (Å²) in [6, 6.07) is 21.6. The highest BCUT2D eigenvalue weighted by molar-refractivity contribution is 6.05. The van der Waals surface area contributed by atoms with Gasteiger partial charge in [-0.1, -0.05) is 60.7 Å². The first kappa shape index (κ1) is 23.4. The van der Waals surface area contributed by atoms with Crippen LogP contribution >= 0.6 is 0 Å². The summed E-state index contributed by atoms with van der Waals surface area (Å²) in [5.74, 6) is -1.43. The molecule has 8 nitrogen and oxygen atoms in total. The van der Waals surface area contributed by atoms with Gasteiger partial charge in [-0.05, 0) is 30.2 Å². The first-order chi connectivity index (χ1) is 16.5. The zero-order valence-electron chi connectivity index (χ0n) is 18.8. The van der Waals surface area contributed by atoms with Crippen LogP contribution in [0.1, 0.15) is 40.7 Å². The van der Waals surface area contributed by atoms with E-state index in [0.29, 0.717) is 12.1 Å². The highest BCUT2D eigenvalue weighted by Gasteiger charge is 2.37. The van der Waals surface area contributed by atoms with Crippen molar-refractivity contribution >= 4 is 17.8 Å². The molecule has 2 amide bonds. The van der Waals surface area contributed by atoms with Crippen LogP contribution in [0.15, 0.2) is 72.8 Å². The Hall–Kier alpha value is -3.75. The van der Waals surface area contributed by atoms with Crippen LogP contribution in [0.3, 0.4) is 0 Å². The number of imide groups is 1. The molecule has 1 aliphatic rings. The molecule has 3 atom stereocenters. The molecule has 0 bridgehead atoms. The van der Waals surface area contributed by atoms with Crippen LogP contribution in [0.25, 0.3) is 0 Å². The molecule has 1 aliphatic heterocycles. The Kier molecular flexibility index (Phi) is 7.51. The normalized spacial score (nSPS) is 18.3. The third-order valence-electron chi connectivity index (χ3n) is 5.54. The Morgan fingerprint density at radius 2 is 1.71 bits per heavy atom. The van der Waals surface area contributed by atoms with Gasteiger partial charge in [0.05, 0.1) is 25.1 Å². The van der Waals surface area contributed by atoms with E-state index < -0.39 is 36.2 Å². The number of hydrogen-bond donors (Lipinski definition) is 3. The van der Waals surface area contributed by atoms with Gasteiger partial charge in [-0.3, -0.25) is 25.0 Å². The summed E-state index contributed by atoms with van der Waals surface area (Å²) in [6.45, 7) is 1.89. The molecule has 0 spiro atoms. The van der Waals surface area contributed by atoms with Crippen molar-refractivity contribution in [2.45, 2.75) is 44.7 Å². The van der Waals surface area contributed by atoms with E-state index >= 15 is 0 Å². The zero-order valence-corrected chi connectivity index (χ0v) is 18.8. The lowest BCUT2D eigenvalue weighted by atomic mass is 10.1. The van der Waals surface area contributed by atoms with Crippen molar-refractivity contribution in [3.8, 4) is 0 Å². The summed E-state index contributed by atoms with van der Waals surface area (Å²) < 4.78 is 11.0. The third-order valence-corrected chi connectivity index (χ3v) is 5.54. The molecule has 34 heavy (non-hydrogen) atoms. The second-order valence-electron chi connectivity index (χ2n) is 8.23. The second kappa shape index (κ2) is 10.9. The number of ether oxygens (including phenoxy) is 2. The van der Waals surface area contributed by atoms with Gasteiger partial charge in [-0.2, -0.15) is 0 Å². The Morgan fingerprint density at radius 1 is 1.03 bits per heavy atom. The Morgan fingerprint density at radius 3 is 2.41 bits per heavy atom. The predicted octanol–water partition coefficient (Wildman–Crippen LogP) is 2.70. The fraction of sp³-hybridized carbons (Fsp3) is 0.269. The minimum absolute atomic E-state index is 0.0739. The van der Waals surface area contributed by atoms with Crippen molar-refractivity contribution in [2.75, 3.05) is 0 Å². The summed E-state index contributed by atoms with van der Waals surface area (Å²) in [7, 11) is 0. The van der Waals surface area contributed by atoms with Gasteiger partial charge in [-0.25, -0.2) is 0 Å². The van der Waals surface area contributed by atoms with E-state index in [1.807, 2.05) is 66.7 Å². The van der Waals surface area contributed by atoms with Gasteiger partial charge in [0.15, 0.2) is 0 Å². The van der Waals surface area contributed by atoms with Gasteiger partial charge in [0, 0.05) is 12.1 Å². The number of carbonyl (C=O) groups is 3. The molecule has 0 saturated carbocycles. The second-order valence-corrected chi connectivity index (χ2v) is 8.23. The number of aromatic amines is 1. The van der Waals surface area contributed by atoms with E-state index in [1.54, 1.807) is 13.0 Å². The van der Waals surface area contributed by atoms with E-state index in [4.69, 9.17) is 9.47 Å². The van der Waals surface area contributed by atoms with Crippen LogP contribution in [-0.2, 0) is 32.1 Å². The number of benzene rings is 2. The van der Waals surface area contributed by atoms with E-state index in [2.05, 4.69) is 15.6 Å². The Balaban J connectivity index is 1.28. The summed E-state index contributed by atoms with van der Waals surface area (Å²) >= 11 is 0. The maximum Gasteiger partial charge on any atom is 0.309 e. The number of hydrogen-bond acceptors (Lipinski definition) is 6. The van der Waals surface area contributed by atoms with Crippen LogP contribution in [0.5, 0.6) is 0 Å². The summed E-state index contributed by atoms with van der Waals surface area (Å²) in [5, 5.41) is 5.44. The maximum atomic E-state index is 12.6. The first-order valence-corrected chi connectivity index (χ1v) is 11.2. The van der Waals surface area contributed by atoms with E-state index in [0.717, 1.165) is 16.8 Å². The average Bonchev–Trinajstić information content (AvgIpc) is 3.45. The largest absolute Gasteiger partial charge is 0.434 e. The minimum Gasteiger partial charge on any atom is -0.434 e. The quantitative estimate of drug-likeness (QED) is 0.423. The number of H-pyrrole nitrogens is 1. The molecule has 1 saturated heterocycles. The standard InChI is InChI=1S/C26H27N3O5/c1-17(27-22-15-23(30)34-26(22)33-16-19-10-6-3-7-11-19)24(31)29-25(32)21-13-12-20(28-21)14-18-8-4-2-5-9-18/h2-13,17,22,26-28H,14-16H2,1H3,(H,29,31,32)/t17-,22?,26?/m0/s1. The molecule has 3 aromatic rings. The predicted molar refractivity (Wildman–Crippen MR) is 125 cm³/mol. The smallest absolute Gasteiger partial charge is 0.309 e. The fourth-order valence-electron chi connectivity index (χ4n) is 3.75. The molecule has 2 unspecified atom stereocenters. The van der Waals surface area contributed by atoms with Crippen LogP contribution in [0, 0.1) is 0 Å². The fourth-order valence-corrected chi connectivity index (χ4v) is 3.75. The van der Waals surface area contributed by atoms with E-state index in [9.17, 15) is 14.4 Å². The van der Waals surface area contributed by atoms with Gasteiger partial charge >= 0.3 is 5.97 Å². The third kappa shape index (κ3) is 6.18. The number of aromatic nitrogens is 1. The van der Waals surface area contributed by atoms with Crippen LogP contribution in [-0.4, -0.2) is 41.1 Å². The molecule has 4 rings (SSSR count). The molecule has 2 heterocycles. The molecular formula is C26H27N3O5. The van der Waals surface area contributed by atoms with Crippen molar-refractivity contribution < 1.29 is 23.9 Å². The molecule has 1 aromatic heterocycles. The van der Waals surface area contributed by atoms with Crippen molar-refractivity contribution in [3.63, 3.8) is 0 Å². The molecular weight excluding hydrogens is 434 g/mol. The number of carbonyl (C=O) groups excluding carboxylic acids is 3. The van der Waals surface area contributed by atoms with Gasteiger partial charge < -0.3 is 14.5 Å². The van der Waals surface area contributed by atoms with Gasteiger partial charge in [-0.15, -0.1) is 0 Å². The van der Waals surface area contributed by atoms with Crippen LogP contribution in [0.4, 0.5) is 0 Å². The number of rotatable bonds is 9. The lowest BCUT2D eigenvalue weighted by Crippen LogP contribution is -2.50. The molecule has 8 heteroatoms. The highest BCUT2D eigenvalue weighted by Crippen LogP contribution is 2.19. The number of amides is 2. The van der Waals surface area contributed by atoms with E-state index in [1.165, 1.54) is 0 Å². The molecule has 176 valence electrons. The highest BCUT2D eigenvalue weighted by atomic mass is 16.7. The summed E-state index contributed by atoms with van der Waals surface area (Å²) in [5.41, 5.74) is 3.23. The molecule has 1 fully saturated rings. The number of esters is 1. The van der Waals surface area contributed by atoms with E-state index in [-0.39, 0.29) is 13.0 Å². The Bertz CT molecular complexity index is 1130. The topological polar surface area (TPSA) is 110 Å². The van der Waals surface area contributed by atoms with Crippen molar-refractivity contribution in [1.29, 1.82) is 0 Å². The monoisotopic (exact) mass is 461 g/mol. The van der Waals surface area contributed by atoms with Crippen LogP contribution in [0.2, 0.25) is 0 Å².